The number of hydrogen-bond donors (Lipinski definition) is 1. The van der Waals surface area contributed by atoms with E-state index >= 15 is 0 Å². The van der Waals surface area contributed by atoms with Crippen molar-refractivity contribution >= 4 is 18.7 Å². The summed E-state index contributed by atoms with van der Waals surface area (Å²) in [6, 6.07) is 0. The van der Waals surface area contributed by atoms with Gasteiger partial charge in [0, 0.05) is 19.3 Å². The molecule has 0 aliphatic carbocycles. The Hall–Kier alpha value is -0.440. The molecule has 2 nitrogen and oxygen atoms in total. The van der Waals surface area contributed by atoms with Crippen LogP contribution in [0.3, 0.4) is 0 Å². The number of carbonyl (C=O) groups excluding carboxylic acids is 1. The third-order valence-corrected chi connectivity index (χ3v) is 0.684. The van der Waals surface area contributed by atoms with Gasteiger partial charge in [0.2, 0.25) is 0 Å². The van der Waals surface area contributed by atoms with E-state index in [1.54, 1.807) is 6.08 Å². The molecule has 0 aromatic rings. The number of ketones is 1. The van der Waals surface area contributed by atoms with Crippen LogP contribution in [0, 0.1) is 0 Å². The van der Waals surface area contributed by atoms with Crippen molar-refractivity contribution in [2.75, 3.05) is 0 Å². The van der Waals surface area contributed by atoms with E-state index in [1.807, 2.05) is 0 Å². The second-order valence-corrected chi connectivity index (χ2v) is 1.59. The number of Topliss-reactive ketones (excluding diaryl/α,β-unsaturated/α-hetero) is 1. The summed E-state index contributed by atoms with van der Waals surface area (Å²) in [5.74, 6) is 0.117. The van der Waals surface area contributed by atoms with Crippen molar-refractivity contribution in [3.05, 3.63) is 12.3 Å². The van der Waals surface area contributed by atoms with E-state index in [4.69, 9.17) is 0 Å². The van der Waals surface area contributed by atoms with Gasteiger partial charge in [0.05, 0.1) is 6.26 Å². The van der Waals surface area contributed by atoms with E-state index in [0.29, 0.717) is 6.42 Å². The van der Waals surface area contributed by atoms with Crippen LogP contribution < -0.4 is 0 Å². The van der Waals surface area contributed by atoms with E-state index in [-0.39, 0.29) is 5.78 Å². The first-order valence-electron chi connectivity index (χ1n) is 2.22. The summed E-state index contributed by atoms with van der Waals surface area (Å²) >= 11 is 3.42. The van der Waals surface area contributed by atoms with Gasteiger partial charge >= 0.3 is 0 Å². The van der Waals surface area contributed by atoms with E-state index < -0.39 is 0 Å². The Morgan fingerprint density at radius 3 is 2.88 bits per heavy atom. The maximum absolute atomic E-state index is 10.2. The number of rotatable bonds is 3. The van der Waals surface area contributed by atoms with Gasteiger partial charge in [0.1, 0.15) is 5.78 Å². The van der Waals surface area contributed by atoms with Crippen molar-refractivity contribution in [3.63, 3.8) is 0 Å². The van der Waals surface area contributed by atoms with Gasteiger partial charge in [0.15, 0.2) is 0 Å². The first-order chi connectivity index (χ1) is 3.77. The van der Waals surface area contributed by atoms with Crippen LogP contribution in [0.4, 0.5) is 0 Å². The van der Waals surface area contributed by atoms with Crippen LogP contribution >= 0.6 is 12.9 Å². The Labute approximate surface area is 54.1 Å². The largest absolute Gasteiger partial charge is 0.437 e. The lowest BCUT2D eigenvalue weighted by Gasteiger charge is -1.82. The van der Waals surface area contributed by atoms with E-state index in [2.05, 4.69) is 17.1 Å². The van der Waals surface area contributed by atoms with Gasteiger partial charge in [-0.1, -0.05) is 0 Å². The number of allylic oxidation sites excluding steroid dienone is 1. The summed E-state index contributed by atoms with van der Waals surface area (Å²) in [5.41, 5.74) is 0. The summed E-state index contributed by atoms with van der Waals surface area (Å²) in [5, 5.41) is 0. The van der Waals surface area contributed by atoms with Gasteiger partial charge < -0.3 is 4.18 Å². The zero-order valence-corrected chi connectivity index (χ0v) is 5.52. The molecule has 0 aliphatic heterocycles. The minimum Gasteiger partial charge on any atom is -0.437 e. The minimum absolute atomic E-state index is 0.117. The lowest BCUT2D eigenvalue weighted by atomic mass is 10.3. The molecule has 0 bridgehead atoms. The summed E-state index contributed by atoms with van der Waals surface area (Å²) < 4.78 is 4.25. The molecule has 0 radical (unpaired) electrons. The zero-order valence-electron chi connectivity index (χ0n) is 4.63. The van der Waals surface area contributed by atoms with Crippen molar-refractivity contribution in [2.24, 2.45) is 0 Å². The molecular formula is C5H8O2S. The minimum atomic E-state index is 0.117. The molecule has 8 heavy (non-hydrogen) atoms. The maximum Gasteiger partial charge on any atom is 0.133 e. The fraction of sp³-hybridized carbons (Fsp3) is 0.400. The molecule has 0 N–H and O–H groups in total. The molecule has 0 spiro atoms. The topological polar surface area (TPSA) is 26.3 Å². The Morgan fingerprint density at radius 1 is 1.88 bits per heavy atom. The van der Waals surface area contributed by atoms with E-state index in [0.717, 1.165) is 0 Å². The van der Waals surface area contributed by atoms with Gasteiger partial charge in [-0.05, 0) is 13.0 Å². The Kier molecular flexibility index (Phi) is 4.45. The summed E-state index contributed by atoms with van der Waals surface area (Å²) in [4.78, 5) is 10.2. The summed E-state index contributed by atoms with van der Waals surface area (Å²) in [6.45, 7) is 1.52. The average molecular weight is 132 g/mol. The van der Waals surface area contributed by atoms with Crippen LogP contribution in [0.25, 0.3) is 0 Å². The van der Waals surface area contributed by atoms with E-state index in [9.17, 15) is 4.79 Å². The fourth-order valence-corrected chi connectivity index (χ4v) is 0.343. The lowest BCUT2D eigenvalue weighted by Crippen LogP contribution is -1.83. The Morgan fingerprint density at radius 2 is 2.50 bits per heavy atom. The smallest absolute Gasteiger partial charge is 0.133 e. The predicted octanol–water partition coefficient (Wildman–Crippen LogP) is 1.34. The van der Waals surface area contributed by atoms with Gasteiger partial charge in [0.25, 0.3) is 0 Å². The molecule has 0 saturated heterocycles. The van der Waals surface area contributed by atoms with Crippen LogP contribution in [0.5, 0.6) is 0 Å². The van der Waals surface area contributed by atoms with Crippen molar-refractivity contribution in [3.8, 4) is 0 Å². The zero-order chi connectivity index (χ0) is 6.41. The lowest BCUT2D eigenvalue weighted by molar-refractivity contribution is -0.116. The normalized spacial score (nSPS) is 9.75. The van der Waals surface area contributed by atoms with Crippen molar-refractivity contribution < 1.29 is 8.98 Å². The second kappa shape index (κ2) is 4.71. The van der Waals surface area contributed by atoms with Crippen LogP contribution in [0.15, 0.2) is 12.3 Å². The second-order valence-electron chi connectivity index (χ2n) is 1.38. The van der Waals surface area contributed by atoms with Crippen molar-refractivity contribution in [1.82, 2.24) is 0 Å². The molecule has 46 valence electrons. The highest BCUT2D eigenvalue weighted by Crippen LogP contribution is 1.86. The standard InChI is InChI=1S/C5H8O2S/c1-5(6)3-2-4-7-8/h2,4,8H,3H2,1H3/b4-2+. The summed E-state index contributed by atoms with van der Waals surface area (Å²) in [6.07, 6.45) is 3.39. The van der Waals surface area contributed by atoms with Crippen LogP contribution in [0.1, 0.15) is 13.3 Å². The van der Waals surface area contributed by atoms with Gasteiger partial charge in [-0.15, -0.1) is 0 Å². The number of hydrogen-bond acceptors (Lipinski definition) is 3. The molecular weight excluding hydrogens is 124 g/mol. The van der Waals surface area contributed by atoms with Crippen LogP contribution in [-0.4, -0.2) is 5.78 Å². The number of thiol groups is 1. The Bertz CT molecular complexity index is 98.6. The molecule has 0 fully saturated rings. The van der Waals surface area contributed by atoms with Crippen molar-refractivity contribution in [2.45, 2.75) is 13.3 Å². The third-order valence-electron chi connectivity index (χ3n) is 0.562. The predicted molar refractivity (Wildman–Crippen MR) is 34.5 cm³/mol. The van der Waals surface area contributed by atoms with Gasteiger partial charge in [-0.25, -0.2) is 0 Å². The van der Waals surface area contributed by atoms with Crippen molar-refractivity contribution in [1.29, 1.82) is 0 Å². The molecule has 3 heteroatoms. The van der Waals surface area contributed by atoms with Crippen LogP contribution in [0.2, 0.25) is 0 Å². The average Bonchev–Trinajstić information content (AvgIpc) is 1.66. The molecule has 0 amide bonds. The van der Waals surface area contributed by atoms with E-state index in [1.165, 1.54) is 13.2 Å². The SMILES string of the molecule is CC(=O)C/C=C/OS. The molecule has 0 rings (SSSR count). The highest BCUT2D eigenvalue weighted by Gasteiger charge is 1.83. The monoisotopic (exact) mass is 132 g/mol. The quantitative estimate of drug-likeness (QED) is 0.356. The molecule has 0 aromatic heterocycles. The Balaban J connectivity index is 3.16. The first kappa shape index (κ1) is 7.56. The first-order valence-corrected chi connectivity index (χ1v) is 2.58. The molecule has 0 heterocycles. The summed E-state index contributed by atoms with van der Waals surface area (Å²) in [7, 11) is 0. The molecule has 0 unspecified atom stereocenters. The molecule has 0 aromatic carbocycles. The molecule has 0 aliphatic rings. The maximum atomic E-state index is 10.2. The van der Waals surface area contributed by atoms with Crippen LogP contribution in [-0.2, 0) is 8.98 Å². The molecule has 0 saturated carbocycles. The third kappa shape index (κ3) is 5.56. The highest BCUT2D eigenvalue weighted by atomic mass is 32.1. The number of carbonyl (C=O) groups is 1. The van der Waals surface area contributed by atoms with Gasteiger partial charge in [-0.3, -0.25) is 4.79 Å². The fourth-order valence-electron chi connectivity index (χ4n) is 0.257. The highest BCUT2D eigenvalue weighted by molar-refractivity contribution is 7.75. The molecule has 0 atom stereocenters. The van der Waals surface area contributed by atoms with Gasteiger partial charge in [-0.2, -0.15) is 0 Å².